The molecular weight excluding hydrogens is 330 g/mol. The van der Waals surface area contributed by atoms with Crippen molar-refractivity contribution in [2.75, 3.05) is 12.4 Å². The van der Waals surface area contributed by atoms with Crippen molar-refractivity contribution in [2.24, 2.45) is 0 Å². The van der Waals surface area contributed by atoms with Gasteiger partial charge in [-0.05, 0) is 37.0 Å². The van der Waals surface area contributed by atoms with Crippen LogP contribution in [0.5, 0.6) is 5.75 Å². The Bertz CT molecular complexity index is 801. The highest BCUT2D eigenvalue weighted by Gasteiger charge is 2.50. The average molecular weight is 353 g/mol. The van der Waals surface area contributed by atoms with Crippen molar-refractivity contribution in [1.82, 2.24) is 10.6 Å². The molecule has 0 heterocycles. The quantitative estimate of drug-likeness (QED) is 0.747. The molecule has 6 nitrogen and oxygen atoms in total. The van der Waals surface area contributed by atoms with Gasteiger partial charge in [-0.2, -0.15) is 0 Å². The number of hydrogen-bond donors (Lipinski definition) is 3. The first-order chi connectivity index (χ1) is 12.5. The van der Waals surface area contributed by atoms with Gasteiger partial charge in [0, 0.05) is 7.05 Å². The maximum Gasteiger partial charge on any atom is 0.320 e. The number of anilines is 1. The monoisotopic (exact) mass is 353 g/mol. The predicted molar refractivity (Wildman–Crippen MR) is 100 cm³/mol. The minimum absolute atomic E-state index is 0.169. The summed E-state index contributed by atoms with van der Waals surface area (Å²) in [6, 6.07) is 15.0. The minimum Gasteiger partial charge on any atom is -0.487 e. The smallest absolute Gasteiger partial charge is 0.320 e. The molecule has 0 saturated heterocycles. The Hall–Kier alpha value is -3.02. The van der Waals surface area contributed by atoms with Gasteiger partial charge in [0.15, 0.2) is 0 Å². The van der Waals surface area contributed by atoms with Gasteiger partial charge in [0.2, 0.25) is 5.91 Å². The van der Waals surface area contributed by atoms with E-state index in [4.69, 9.17) is 4.74 Å². The number of carbonyl (C=O) groups excluding carboxylic acids is 2. The normalized spacial score (nSPS) is 14.2. The number of nitrogens with one attached hydrogen (secondary N) is 3. The number of urea groups is 1. The van der Waals surface area contributed by atoms with Crippen molar-refractivity contribution < 1.29 is 14.3 Å². The number of ether oxygens (including phenoxy) is 1. The van der Waals surface area contributed by atoms with E-state index >= 15 is 0 Å². The van der Waals surface area contributed by atoms with Crippen molar-refractivity contribution >= 4 is 17.6 Å². The molecule has 1 aliphatic rings. The van der Waals surface area contributed by atoms with Crippen LogP contribution in [0.15, 0.2) is 48.5 Å². The topological polar surface area (TPSA) is 79.5 Å². The SMILES string of the molecule is CNC(=O)C1(NC(=O)Nc2c(C)cccc2OCc2ccccc2)CC1. The van der Waals surface area contributed by atoms with Crippen LogP contribution in [0.4, 0.5) is 10.5 Å². The van der Waals surface area contributed by atoms with Crippen molar-refractivity contribution in [3.63, 3.8) is 0 Å². The van der Waals surface area contributed by atoms with Crippen molar-refractivity contribution in [3.05, 3.63) is 59.7 Å². The van der Waals surface area contributed by atoms with E-state index in [1.807, 2.05) is 55.5 Å². The zero-order valence-electron chi connectivity index (χ0n) is 15.0. The second-order valence-electron chi connectivity index (χ2n) is 6.46. The van der Waals surface area contributed by atoms with Crippen LogP contribution < -0.4 is 20.7 Å². The van der Waals surface area contributed by atoms with Crippen molar-refractivity contribution in [1.29, 1.82) is 0 Å². The Labute approximate surface area is 152 Å². The Balaban J connectivity index is 1.69. The highest BCUT2D eigenvalue weighted by Crippen LogP contribution is 2.36. The molecule has 1 saturated carbocycles. The second-order valence-corrected chi connectivity index (χ2v) is 6.46. The van der Waals surface area contributed by atoms with Crippen LogP contribution in [0.2, 0.25) is 0 Å². The van der Waals surface area contributed by atoms with Gasteiger partial charge in [-0.25, -0.2) is 4.79 Å². The van der Waals surface area contributed by atoms with Crippen molar-refractivity contribution in [3.8, 4) is 5.75 Å². The van der Waals surface area contributed by atoms with E-state index in [1.54, 1.807) is 7.05 Å². The Morgan fingerprint density at radius 2 is 1.81 bits per heavy atom. The summed E-state index contributed by atoms with van der Waals surface area (Å²) in [5.74, 6) is 0.423. The van der Waals surface area contributed by atoms with Crippen LogP contribution in [-0.4, -0.2) is 24.5 Å². The number of aryl methyl sites for hydroxylation is 1. The van der Waals surface area contributed by atoms with Crippen LogP contribution in [0.25, 0.3) is 0 Å². The summed E-state index contributed by atoms with van der Waals surface area (Å²) in [5.41, 5.74) is 1.75. The van der Waals surface area contributed by atoms with Gasteiger partial charge >= 0.3 is 6.03 Å². The molecule has 0 aliphatic heterocycles. The molecule has 1 fully saturated rings. The molecule has 2 aromatic carbocycles. The van der Waals surface area contributed by atoms with E-state index in [2.05, 4.69) is 16.0 Å². The van der Waals surface area contributed by atoms with Crippen LogP contribution in [-0.2, 0) is 11.4 Å². The standard InChI is InChI=1S/C20H23N3O3/c1-14-7-6-10-16(26-13-15-8-4-3-5-9-15)17(14)22-19(25)23-20(11-12-20)18(24)21-2/h3-10H,11-13H2,1-2H3,(H,21,24)(H2,22,23,25). The van der Waals surface area contributed by atoms with Crippen LogP contribution in [0.1, 0.15) is 24.0 Å². The highest BCUT2D eigenvalue weighted by molar-refractivity contribution is 5.98. The molecule has 0 aromatic heterocycles. The summed E-state index contributed by atoms with van der Waals surface area (Å²) in [4.78, 5) is 24.3. The first-order valence-corrected chi connectivity index (χ1v) is 8.62. The van der Waals surface area contributed by atoms with E-state index in [1.165, 1.54) is 0 Å². The number of amides is 3. The summed E-state index contributed by atoms with van der Waals surface area (Å²) in [6.07, 6.45) is 1.29. The third kappa shape index (κ3) is 3.96. The molecule has 1 aliphatic carbocycles. The summed E-state index contributed by atoms with van der Waals surface area (Å²) in [6.45, 7) is 2.30. The lowest BCUT2D eigenvalue weighted by Gasteiger charge is -2.19. The molecule has 6 heteroatoms. The van der Waals surface area contributed by atoms with E-state index < -0.39 is 11.6 Å². The number of likely N-dealkylation sites (N-methyl/N-ethyl adjacent to an activating group) is 1. The van der Waals surface area contributed by atoms with E-state index in [9.17, 15) is 9.59 Å². The summed E-state index contributed by atoms with van der Waals surface area (Å²) >= 11 is 0. The zero-order valence-corrected chi connectivity index (χ0v) is 15.0. The van der Waals surface area contributed by atoms with Crippen molar-refractivity contribution in [2.45, 2.75) is 31.9 Å². The molecule has 0 unspecified atom stereocenters. The number of para-hydroxylation sites is 1. The molecule has 0 spiro atoms. The fourth-order valence-corrected chi connectivity index (χ4v) is 2.79. The third-order valence-corrected chi connectivity index (χ3v) is 4.47. The minimum atomic E-state index is -0.785. The molecular formula is C20H23N3O3. The largest absolute Gasteiger partial charge is 0.487 e. The van der Waals surface area contributed by atoms with Gasteiger partial charge in [-0.1, -0.05) is 42.5 Å². The Kier molecular flexibility index (Phi) is 5.11. The lowest BCUT2D eigenvalue weighted by atomic mass is 10.2. The zero-order chi connectivity index (χ0) is 18.6. The van der Waals surface area contributed by atoms with Gasteiger partial charge in [-0.3, -0.25) is 4.79 Å². The average Bonchev–Trinajstić information content (AvgIpc) is 3.43. The summed E-state index contributed by atoms with van der Waals surface area (Å²) in [5, 5.41) is 8.20. The van der Waals surface area contributed by atoms with E-state index in [0.29, 0.717) is 30.9 Å². The molecule has 3 amide bonds. The molecule has 0 bridgehead atoms. The van der Waals surface area contributed by atoms with Crippen LogP contribution in [0.3, 0.4) is 0 Å². The van der Waals surface area contributed by atoms with Gasteiger partial charge in [-0.15, -0.1) is 0 Å². The second kappa shape index (κ2) is 7.47. The number of benzene rings is 2. The van der Waals surface area contributed by atoms with Gasteiger partial charge < -0.3 is 20.7 Å². The summed E-state index contributed by atoms with van der Waals surface area (Å²) in [7, 11) is 1.57. The maximum absolute atomic E-state index is 12.4. The number of hydrogen-bond acceptors (Lipinski definition) is 3. The van der Waals surface area contributed by atoms with Gasteiger partial charge in [0.1, 0.15) is 17.9 Å². The van der Waals surface area contributed by atoms with E-state index in [-0.39, 0.29) is 5.91 Å². The first kappa shape index (κ1) is 17.8. The molecule has 2 aromatic rings. The van der Waals surface area contributed by atoms with Gasteiger partial charge in [0.25, 0.3) is 0 Å². The van der Waals surface area contributed by atoms with E-state index in [0.717, 1.165) is 11.1 Å². The van der Waals surface area contributed by atoms with Gasteiger partial charge in [0.05, 0.1) is 5.69 Å². The fourth-order valence-electron chi connectivity index (χ4n) is 2.79. The maximum atomic E-state index is 12.4. The molecule has 136 valence electrons. The first-order valence-electron chi connectivity index (χ1n) is 8.62. The summed E-state index contributed by atoms with van der Waals surface area (Å²) < 4.78 is 5.90. The Morgan fingerprint density at radius 1 is 1.08 bits per heavy atom. The molecule has 3 N–H and O–H groups in total. The lowest BCUT2D eigenvalue weighted by Crippen LogP contribution is -2.49. The van der Waals surface area contributed by atoms with Crippen LogP contribution >= 0.6 is 0 Å². The Morgan fingerprint density at radius 3 is 2.46 bits per heavy atom. The lowest BCUT2D eigenvalue weighted by molar-refractivity contribution is -0.123. The fraction of sp³-hybridized carbons (Fsp3) is 0.300. The molecule has 0 radical (unpaired) electrons. The predicted octanol–water partition coefficient (Wildman–Crippen LogP) is 2.97. The highest BCUT2D eigenvalue weighted by atomic mass is 16.5. The molecule has 0 atom stereocenters. The van der Waals surface area contributed by atoms with Crippen LogP contribution in [0, 0.1) is 6.92 Å². The number of rotatable bonds is 6. The molecule has 26 heavy (non-hydrogen) atoms. The molecule has 3 rings (SSSR count). The third-order valence-electron chi connectivity index (χ3n) is 4.47. The number of carbonyl (C=O) groups is 2.